The van der Waals surface area contributed by atoms with Gasteiger partial charge in [-0.05, 0) is 12.1 Å². The number of carbonyl (C=O) groups is 1. The number of hydrogen-bond donors (Lipinski definition) is 0. The Balaban J connectivity index is 2.38. The van der Waals surface area contributed by atoms with Crippen LogP contribution in [0.15, 0.2) is 24.3 Å². The van der Waals surface area contributed by atoms with Gasteiger partial charge in [0.05, 0.1) is 24.1 Å². The van der Waals surface area contributed by atoms with E-state index in [9.17, 15) is 18.0 Å². The Morgan fingerprint density at radius 2 is 2.05 bits per heavy atom. The van der Waals surface area contributed by atoms with E-state index in [2.05, 4.69) is 4.98 Å². The zero-order chi connectivity index (χ0) is 14.8. The molecule has 0 saturated carbocycles. The maximum atomic E-state index is 12.4. The first-order chi connectivity index (χ1) is 9.43. The summed E-state index contributed by atoms with van der Waals surface area (Å²) in [6, 6.07) is 6.95. The summed E-state index contributed by atoms with van der Waals surface area (Å²) in [5, 5.41) is 0. The topological polar surface area (TPSA) is 44.1 Å². The van der Waals surface area contributed by atoms with Crippen LogP contribution in [0.5, 0.6) is 0 Å². The van der Waals surface area contributed by atoms with Crippen LogP contribution in [0.2, 0.25) is 0 Å². The van der Waals surface area contributed by atoms with Gasteiger partial charge in [0.25, 0.3) is 0 Å². The molecule has 2 aromatic rings. The van der Waals surface area contributed by atoms with E-state index >= 15 is 0 Å². The summed E-state index contributed by atoms with van der Waals surface area (Å²) in [5.41, 5.74) is 1.25. The number of Topliss-reactive ketones (excluding diaryl/α,β-unsaturated/α-hetero) is 1. The molecule has 0 amide bonds. The van der Waals surface area contributed by atoms with Gasteiger partial charge in [-0.1, -0.05) is 12.1 Å². The predicted octanol–water partition coefficient (Wildman–Crippen LogP) is 2.36. The van der Waals surface area contributed by atoms with E-state index < -0.39 is 18.4 Å². The van der Waals surface area contributed by atoms with E-state index in [-0.39, 0.29) is 5.82 Å². The van der Waals surface area contributed by atoms with E-state index in [0.29, 0.717) is 24.2 Å². The number of benzene rings is 1. The summed E-state index contributed by atoms with van der Waals surface area (Å²) >= 11 is 0. The Kier molecular flexibility index (Phi) is 4.08. The molecule has 0 bridgehead atoms. The molecule has 0 unspecified atom stereocenters. The molecule has 0 fully saturated rings. The number of imidazole rings is 1. The average Bonchev–Trinajstić information content (AvgIpc) is 2.72. The SMILES string of the molecule is COCCn1c(CC(=O)C(F)(F)F)nc2ccccc21. The zero-order valence-corrected chi connectivity index (χ0v) is 10.8. The maximum Gasteiger partial charge on any atom is 0.450 e. The lowest BCUT2D eigenvalue weighted by atomic mass is 10.2. The van der Waals surface area contributed by atoms with Gasteiger partial charge in [0, 0.05) is 13.7 Å². The normalized spacial score (nSPS) is 12.0. The minimum atomic E-state index is -4.84. The van der Waals surface area contributed by atoms with Crippen molar-refractivity contribution >= 4 is 16.8 Å². The van der Waals surface area contributed by atoms with Crippen LogP contribution in [0.25, 0.3) is 11.0 Å². The molecule has 0 radical (unpaired) electrons. The lowest BCUT2D eigenvalue weighted by Gasteiger charge is -2.09. The molecule has 2 rings (SSSR count). The van der Waals surface area contributed by atoms with Crippen LogP contribution in [-0.2, 0) is 22.5 Å². The van der Waals surface area contributed by atoms with E-state index in [1.165, 1.54) is 7.11 Å². The largest absolute Gasteiger partial charge is 0.450 e. The molecule has 0 aliphatic carbocycles. The minimum absolute atomic E-state index is 0.102. The van der Waals surface area contributed by atoms with Gasteiger partial charge < -0.3 is 9.30 Å². The first-order valence-corrected chi connectivity index (χ1v) is 5.96. The van der Waals surface area contributed by atoms with Crippen LogP contribution in [-0.4, -0.2) is 35.2 Å². The van der Waals surface area contributed by atoms with Gasteiger partial charge in [0.15, 0.2) is 0 Å². The number of aromatic nitrogens is 2. The fourth-order valence-electron chi connectivity index (χ4n) is 1.94. The second kappa shape index (κ2) is 5.62. The molecule has 7 heteroatoms. The van der Waals surface area contributed by atoms with Crippen molar-refractivity contribution in [2.75, 3.05) is 13.7 Å². The third-order valence-electron chi connectivity index (χ3n) is 2.89. The molecule has 0 atom stereocenters. The molecular formula is C13H13F3N2O2. The van der Waals surface area contributed by atoms with Gasteiger partial charge in [0.2, 0.25) is 5.78 Å². The van der Waals surface area contributed by atoms with Gasteiger partial charge in [0.1, 0.15) is 5.82 Å². The lowest BCUT2D eigenvalue weighted by Crippen LogP contribution is -2.26. The zero-order valence-electron chi connectivity index (χ0n) is 10.8. The monoisotopic (exact) mass is 286 g/mol. The van der Waals surface area contributed by atoms with Crippen molar-refractivity contribution in [2.24, 2.45) is 0 Å². The van der Waals surface area contributed by atoms with Gasteiger partial charge in [-0.2, -0.15) is 13.2 Å². The highest BCUT2D eigenvalue weighted by atomic mass is 19.4. The molecule has 0 N–H and O–H groups in total. The summed E-state index contributed by atoms with van der Waals surface area (Å²) in [6.45, 7) is 0.672. The van der Waals surface area contributed by atoms with E-state index in [1.807, 2.05) is 0 Å². The van der Waals surface area contributed by atoms with Gasteiger partial charge in [-0.25, -0.2) is 4.98 Å². The second-order valence-electron chi connectivity index (χ2n) is 4.26. The Morgan fingerprint density at radius 1 is 1.35 bits per heavy atom. The summed E-state index contributed by atoms with van der Waals surface area (Å²) < 4.78 is 43.6. The smallest absolute Gasteiger partial charge is 0.383 e. The fraction of sp³-hybridized carbons (Fsp3) is 0.385. The third-order valence-corrected chi connectivity index (χ3v) is 2.89. The first kappa shape index (κ1) is 14.5. The van der Waals surface area contributed by atoms with Crippen molar-refractivity contribution in [2.45, 2.75) is 19.1 Å². The number of para-hydroxylation sites is 2. The summed E-state index contributed by atoms with van der Waals surface area (Å²) in [7, 11) is 1.50. The van der Waals surface area contributed by atoms with Crippen molar-refractivity contribution in [3.8, 4) is 0 Å². The highest BCUT2D eigenvalue weighted by Gasteiger charge is 2.38. The lowest BCUT2D eigenvalue weighted by molar-refractivity contribution is -0.170. The molecule has 0 aliphatic heterocycles. The quantitative estimate of drug-likeness (QED) is 0.847. The van der Waals surface area contributed by atoms with Crippen LogP contribution < -0.4 is 0 Å². The highest BCUT2D eigenvalue weighted by Crippen LogP contribution is 2.21. The molecular weight excluding hydrogens is 273 g/mol. The molecule has 1 aromatic carbocycles. The highest BCUT2D eigenvalue weighted by molar-refractivity contribution is 5.86. The van der Waals surface area contributed by atoms with Crippen molar-refractivity contribution in [3.63, 3.8) is 0 Å². The molecule has 1 aromatic heterocycles. The number of hydrogen-bond acceptors (Lipinski definition) is 3. The standard InChI is InChI=1S/C13H13F3N2O2/c1-20-7-6-18-10-5-3-2-4-9(10)17-12(18)8-11(19)13(14,15)16/h2-5H,6-8H2,1H3. The Hall–Kier alpha value is -1.89. The Labute approximate surface area is 113 Å². The number of ketones is 1. The Morgan fingerprint density at radius 3 is 2.70 bits per heavy atom. The summed E-state index contributed by atoms with van der Waals surface area (Å²) in [6.07, 6.45) is -5.61. The number of methoxy groups -OCH3 is 1. The number of fused-ring (bicyclic) bond motifs is 1. The molecule has 1 heterocycles. The summed E-state index contributed by atoms with van der Waals surface area (Å²) in [5.74, 6) is -1.70. The van der Waals surface area contributed by atoms with Crippen LogP contribution in [0.3, 0.4) is 0 Å². The van der Waals surface area contributed by atoms with Gasteiger partial charge in [-0.3, -0.25) is 4.79 Å². The van der Waals surface area contributed by atoms with Crippen molar-refractivity contribution < 1.29 is 22.7 Å². The van der Waals surface area contributed by atoms with E-state index in [4.69, 9.17) is 4.74 Å². The third kappa shape index (κ3) is 2.98. The number of ether oxygens (including phenoxy) is 1. The molecule has 0 spiro atoms. The Bertz CT molecular complexity index is 620. The van der Waals surface area contributed by atoms with Crippen molar-refractivity contribution in [1.82, 2.24) is 9.55 Å². The minimum Gasteiger partial charge on any atom is -0.383 e. The number of rotatable bonds is 5. The average molecular weight is 286 g/mol. The molecule has 4 nitrogen and oxygen atoms in total. The van der Waals surface area contributed by atoms with Crippen LogP contribution in [0.1, 0.15) is 5.82 Å². The van der Waals surface area contributed by atoms with Crippen LogP contribution >= 0.6 is 0 Å². The van der Waals surface area contributed by atoms with Gasteiger partial charge >= 0.3 is 6.18 Å². The fourth-order valence-corrected chi connectivity index (χ4v) is 1.94. The van der Waals surface area contributed by atoms with E-state index in [1.54, 1.807) is 28.8 Å². The van der Waals surface area contributed by atoms with E-state index in [0.717, 1.165) is 0 Å². The predicted molar refractivity (Wildman–Crippen MR) is 66.4 cm³/mol. The van der Waals surface area contributed by atoms with Crippen molar-refractivity contribution in [1.29, 1.82) is 0 Å². The molecule has 0 aliphatic rings. The van der Waals surface area contributed by atoms with Crippen LogP contribution in [0.4, 0.5) is 13.2 Å². The first-order valence-electron chi connectivity index (χ1n) is 5.96. The summed E-state index contributed by atoms with van der Waals surface area (Å²) in [4.78, 5) is 15.2. The maximum absolute atomic E-state index is 12.4. The number of halogens is 3. The second-order valence-corrected chi connectivity index (χ2v) is 4.26. The van der Waals surface area contributed by atoms with Gasteiger partial charge in [-0.15, -0.1) is 0 Å². The number of alkyl halides is 3. The number of nitrogens with zero attached hydrogens (tertiary/aromatic N) is 2. The van der Waals surface area contributed by atoms with Crippen molar-refractivity contribution in [3.05, 3.63) is 30.1 Å². The molecule has 108 valence electrons. The molecule has 0 saturated heterocycles. The van der Waals surface area contributed by atoms with Crippen LogP contribution in [0, 0.1) is 0 Å². The number of carbonyl (C=O) groups excluding carboxylic acids is 1. The molecule has 20 heavy (non-hydrogen) atoms.